The summed E-state index contributed by atoms with van der Waals surface area (Å²) < 4.78 is 38.2. The summed E-state index contributed by atoms with van der Waals surface area (Å²) in [5.74, 6) is 0. The van der Waals surface area contributed by atoms with Gasteiger partial charge in [0.05, 0.1) is 5.41 Å². The topological polar surface area (TPSA) is 48.8 Å². The second-order valence-corrected chi connectivity index (χ2v) is 3.73. The third-order valence-electron chi connectivity index (χ3n) is 2.85. The number of alkyl halides is 3. The van der Waals surface area contributed by atoms with E-state index in [2.05, 4.69) is 10.0 Å². The molecule has 0 heterocycles. The number of azide groups is 1. The fourth-order valence-corrected chi connectivity index (χ4v) is 1.93. The molecule has 0 unspecified atom stereocenters. The molecule has 0 N–H and O–H groups in total. The van der Waals surface area contributed by atoms with Gasteiger partial charge in [0.1, 0.15) is 0 Å². The molecule has 0 amide bonds. The summed E-state index contributed by atoms with van der Waals surface area (Å²) in [6.45, 7) is -0.451. The lowest BCUT2D eigenvalue weighted by molar-refractivity contribution is -0.230. The summed E-state index contributed by atoms with van der Waals surface area (Å²) in [5.41, 5.74) is 6.32. The minimum absolute atomic E-state index is 0.0928. The van der Waals surface area contributed by atoms with Gasteiger partial charge in [-0.2, -0.15) is 13.2 Å². The van der Waals surface area contributed by atoms with Crippen LogP contribution in [0.3, 0.4) is 0 Å². The largest absolute Gasteiger partial charge is 0.394 e. The average molecular weight is 207 g/mol. The lowest BCUT2D eigenvalue weighted by Crippen LogP contribution is -2.42. The monoisotopic (exact) mass is 207 g/mol. The standard InChI is InChI=1S/C8H12F3N3/c9-8(10,11)7(6-13-14-12)4-2-1-3-5-7/h1-6H2. The number of hydrogen-bond donors (Lipinski definition) is 0. The van der Waals surface area contributed by atoms with Crippen LogP contribution in [-0.2, 0) is 0 Å². The summed E-state index contributed by atoms with van der Waals surface area (Å²) in [7, 11) is 0. The van der Waals surface area contributed by atoms with Crippen molar-refractivity contribution >= 4 is 0 Å². The highest BCUT2D eigenvalue weighted by Crippen LogP contribution is 2.49. The van der Waals surface area contributed by atoms with Gasteiger partial charge in [0.2, 0.25) is 0 Å². The van der Waals surface area contributed by atoms with Gasteiger partial charge < -0.3 is 0 Å². The molecule has 0 aromatic heterocycles. The van der Waals surface area contributed by atoms with Gasteiger partial charge in [-0.3, -0.25) is 0 Å². The Balaban J connectivity index is 2.82. The predicted octanol–water partition coefficient (Wildman–Crippen LogP) is 3.81. The van der Waals surface area contributed by atoms with Gasteiger partial charge in [-0.05, 0) is 18.4 Å². The van der Waals surface area contributed by atoms with Crippen molar-refractivity contribution in [2.45, 2.75) is 38.3 Å². The van der Waals surface area contributed by atoms with E-state index in [9.17, 15) is 13.2 Å². The van der Waals surface area contributed by atoms with Crippen LogP contribution in [0.25, 0.3) is 10.4 Å². The maximum atomic E-state index is 12.7. The molecule has 1 aliphatic carbocycles. The molecule has 0 aromatic rings. The first-order valence-corrected chi connectivity index (χ1v) is 4.59. The molecule has 6 heteroatoms. The van der Waals surface area contributed by atoms with Crippen molar-refractivity contribution in [1.29, 1.82) is 0 Å². The summed E-state index contributed by atoms with van der Waals surface area (Å²) in [5, 5.41) is 3.09. The molecule has 1 saturated carbocycles. The van der Waals surface area contributed by atoms with Crippen molar-refractivity contribution in [3.8, 4) is 0 Å². The van der Waals surface area contributed by atoms with E-state index < -0.39 is 18.1 Å². The predicted molar refractivity (Wildman–Crippen MR) is 45.6 cm³/mol. The zero-order valence-electron chi connectivity index (χ0n) is 7.72. The van der Waals surface area contributed by atoms with E-state index in [1.165, 1.54) is 0 Å². The fraction of sp³-hybridized carbons (Fsp3) is 1.00. The smallest absolute Gasteiger partial charge is 0.171 e. The van der Waals surface area contributed by atoms with E-state index >= 15 is 0 Å². The van der Waals surface area contributed by atoms with Crippen molar-refractivity contribution in [2.75, 3.05) is 6.54 Å². The van der Waals surface area contributed by atoms with Gasteiger partial charge in [0, 0.05) is 11.5 Å². The highest BCUT2D eigenvalue weighted by Gasteiger charge is 2.53. The quantitative estimate of drug-likeness (QED) is 0.375. The van der Waals surface area contributed by atoms with Crippen LogP contribution in [0, 0.1) is 5.41 Å². The van der Waals surface area contributed by atoms with Crippen LogP contribution in [0.2, 0.25) is 0 Å². The number of hydrogen-bond acceptors (Lipinski definition) is 1. The maximum absolute atomic E-state index is 12.7. The van der Waals surface area contributed by atoms with Crippen LogP contribution in [0.15, 0.2) is 5.11 Å². The normalized spacial score (nSPS) is 21.4. The van der Waals surface area contributed by atoms with Crippen LogP contribution < -0.4 is 0 Å². The molecule has 0 atom stereocenters. The van der Waals surface area contributed by atoms with Gasteiger partial charge in [0.25, 0.3) is 0 Å². The highest BCUT2D eigenvalue weighted by atomic mass is 19.4. The molecule has 1 aliphatic rings. The van der Waals surface area contributed by atoms with Gasteiger partial charge in [-0.25, -0.2) is 0 Å². The zero-order chi connectivity index (χ0) is 10.7. The van der Waals surface area contributed by atoms with Crippen molar-refractivity contribution in [2.24, 2.45) is 10.5 Å². The van der Waals surface area contributed by atoms with E-state index in [1.54, 1.807) is 0 Å². The van der Waals surface area contributed by atoms with E-state index in [-0.39, 0.29) is 12.8 Å². The molecule has 0 aliphatic heterocycles. The molecule has 3 nitrogen and oxygen atoms in total. The van der Waals surface area contributed by atoms with E-state index in [0.29, 0.717) is 12.8 Å². The molecule has 1 fully saturated rings. The highest BCUT2D eigenvalue weighted by molar-refractivity contribution is 4.91. The molecular formula is C8H12F3N3. The first-order chi connectivity index (χ1) is 6.52. The van der Waals surface area contributed by atoms with Crippen molar-refractivity contribution in [1.82, 2.24) is 0 Å². The number of rotatable bonds is 2. The average Bonchev–Trinajstić information content (AvgIpc) is 2.14. The van der Waals surface area contributed by atoms with Crippen LogP contribution in [0.4, 0.5) is 13.2 Å². The molecule has 0 aromatic carbocycles. The minimum Gasteiger partial charge on any atom is -0.171 e. The third kappa shape index (κ3) is 2.12. The second kappa shape index (κ2) is 4.09. The Morgan fingerprint density at radius 1 is 1.21 bits per heavy atom. The lowest BCUT2D eigenvalue weighted by Gasteiger charge is -2.37. The lowest BCUT2D eigenvalue weighted by atomic mass is 9.73. The molecule has 0 bridgehead atoms. The fourth-order valence-electron chi connectivity index (χ4n) is 1.93. The molecule has 0 spiro atoms. The van der Waals surface area contributed by atoms with Gasteiger partial charge in [0.15, 0.2) is 0 Å². The van der Waals surface area contributed by atoms with Crippen LogP contribution >= 0.6 is 0 Å². The van der Waals surface area contributed by atoms with Gasteiger partial charge >= 0.3 is 6.18 Å². The zero-order valence-corrected chi connectivity index (χ0v) is 7.72. The van der Waals surface area contributed by atoms with Crippen LogP contribution in [0.5, 0.6) is 0 Å². The van der Waals surface area contributed by atoms with Crippen LogP contribution in [0.1, 0.15) is 32.1 Å². The maximum Gasteiger partial charge on any atom is 0.394 e. The minimum atomic E-state index is -4.25. The number of halogens is 3. The molecule has 0 radical (unpaired) electrons. The Kier molecular flexibility index (Phi) is 3.26. The summed E-state index contributed by atoms with van der Waals surface area (Å²) in [6, 6.07) is 0. The Bertz CT molecular complexity index is 237. The first kappa shape index (κ1) is 11.2. The van der Waals surface area contributed by atoms with Crippen LogP contribution in [-0.4, -0.2) is 12.7 Å². The molecule has 1 rings (SSSR count). The molecule has 0 saturated heterocycles. The van der Waals surface area contributed by atoms with Crippen molar-refractivity contribution in [3.63, 3.8) is 0 Å². The molecule has 14 heavy (non-hydrogen) atoms. The van der Waals surface area contributed by atoms with E-state index in [4.69, 9.17) is 5.53 Å². The Morgan fingerprint density at radius 2 is 1.79 bits per heavy atom. The van der Waals surface area contributed by atoms with Crippen molar-refractivity contribution in [3.05, 3.63) is 10.4 Å². The molecular weight excluding hydrogens is 195 g/mol. The second-order valence-electron chi connectivity index (χ2n) is 3.73. The van der Waals surface area contributed by atoms with Crippen molar-refractivity contribution < 1.29 is 13.2 Å². The Labute approximate surface area is 79.9 Å². The van der Waals surface area contributed by atoms with Gasteiger partial charge in [-0.15, -0.1) is 0 Å². The third-order valence-corrected chi connectivity index (χ3v) is 2.85. The van der Waals surface area contributed by atoms with E-state index in [0.717, 1.165) is 6.42 Å². The SMILES string of the molecule is [N-]=[N+]=NCC1(C(F)(F)F)CCCCC1. The summed E-state index contributed by atoms with van der Waals surface area (Å²) in [6.07, 6.45) is -2.08. The van der Waals surface area contributed by atoms with Gasteiger partial charge in [-0.1, -0.05) is 24.4 Å². The summed E-state index contributed by atoms with van der Waals surface area (Å²) in [4.78, 5) is 2.41. The Morgan fingerprint density at radius 3 is 2.21 bits per heavy atom. The van der Waals surface area contributed by atoms with E-state index in [1.807, 2.05) is 0 Å². The first-order valence-electron chi connectivity index (χ1n) is 4.59. The summed E-state index contributed by atoms with van der Waals surface area (Å²) >= 11 is 0. The number of nitrogens with zero attached hydrogens (tertiary/aromatic N) is 3. The Hall–Kier alpha value is -0.900. The molecule has 80 valence electrons.